The third-order valence-electron chi connectivity index (χ3n) is 3.79. The Bertz CT molecular complexity index is 235. The van der Waals surface area contributed by atoms with Crippen molar-refractivity contribution in [1.29, 1.82) is 0 Å². The number of unbranched alkanes of at least 4 members (excludes halogenated alkanes) is 2. The van der Waals surface area contributed by atoms with Crippen molar-refractivity contribution in [2.75, 3.05) is 19.6 Å². The topological polar surface area (TPSA) is 32.3 Å². The maximum atomic E-state index is 12.2. The zero-order valence-electron chi connectivity index (χ0n) is 12.4. The average Bonchev–Trinajstić information content (AvgIpc) is 2.37. The fraction of sp³-hybridized carbons (Fsp3) is 0.933. The van der Waals surface area contributed by atoms with Gasteiger partial charge in [0.1, 0.15) is 0 Å². The minimum absolute atomic E-state index is 0.334. The lowest BCUT2D eigenvalue weighted by atomic mass is 9.98. The van der Waals surface area contributed by atoms with Crippen molar-refractivity contribution in [2.45, 2.75) is 65.3 Å². The van der Waals surface area contributed by atoms with Gasteiger partial charge in [0.15, 0.2) is 0 Å². The van der Waals surface area contributed by atoms with E-state index < -0.39 is 0 Å². The van der Waals surface area contributed by atoms with Crippen molar-refractivity contribution in [3.05, 3.63) is 0 Å². The summed E-state index contributed by atoms with van der Waals surface area (Å²) < 4.78 is 0. The van der Waals surface area contributed by atoms with Crippen molar-refractivity contribution in [3.8, 4) is 0 Å². The van der Waals surface area contributed by atoms with Gasteiger partial charge in [-0.3, -0.25) is 4.79 Å². The summed E-state index contributed by atoms with van der Waals surface area (Å²) >= 11 is 0. The van der Waals surface area contributed by atoms with Gasteiger partial charge in [-0.15, -0.1) is 0 Å². The number of carbonyl (C=O) groups is 1. The molecule has 0 aromatic rings. The van der Waals surface area contributed by atoms with Crippen LogP contribution in [-0.2, 0) is 4.79 Å². The summed E-state index contributed by atoms with van der Waals surface area (Å²) in [5, 5.41) is 3.43. The third kappa shape index (κ3) is 5.38. The molecule has 1 heterocycles. The fourth-order valence-electron chi connectivity index (χ4n) is 2.63. The Morgan fingerprint density at radius 3 is 2.72 bits per heavy atom. The first-order valence-electron chi connectivity index (χ1n) is 7.65. The van der Waals surface area contributed by atoms with E-state index in [1.165, 1.54) is 25.7 Å². The van der Waals surface area contributed by atoms with E-state index in [1.807, 2.05) is 0 Å². The van der Waals surface area contributed by atoms with Gasteiger partial charge in [0.25, 0.3) is 0 Å². The Morgan fingerprint density at radius 2 is 2.17 bits per heavy atom. The molecule has 1 atom stereocenters. The van der Waals surface area contributed by atoms with Crippen LogP contribution < -0.4 is 5.32 Å². The van der Waals surface area contributed by atoms with Gasteiger partial charge >= 0.3 is 0 Å². The number of hydrogen-bond donors (Lipinski definition) is 1. The minimum atomic E-state index is 0.334. The average molecular weight is 254 g/mol. The zero-order chi connectivity index (χ0) is 13.4. The maximum absolute atomic E-state index is 12.2. The quantitative estimate of drug-likeness (QED) is 0.709. The van der Waals surface area contributed by atoms with Crippen LogP contribution in [0.2, 0.25) is 0 Å². The number of piperidine rings is 1. The lowest BCUT2D eigenvalue weighted by Crippen LogP contribution is -2.44. The summed E-state index contributed by atoms with van der Waals surface area (Å²) in [6.07, 6.45) is 6.64. The van der Waals surface area contributed by atoms with Crippen LogP contribution in [0.5, 0.6) is 0 Å². The molecular weight excluding hydrogens is 224 g/mol. The van der Waals surface area contributed by atoms with Gasteiger partial charge in [0, 0.05) is 19.0 Å². The highest BCUT2D eigenvalue weighted by Gasteiger charge is 2.22. The van der Waals surface area contributed by atoms with E-state index in [2.05, 4.69) is 31.0 Å². The summed E-state index contributed by atoms with van der Waals surface area (Å²) in [4.78, 5) is 14.3. The first-order chi connectivity index (χ1) is 8.65. The van der Waals surface area contributed by atoms with Crippen molar-refractivity contribution in [2.24, 2.45) is 5.92 Å². The van der Waals surface area contributed by atoms with E-state index in [0.717, 1.165) is 32.5 Å². The Balaban J connectivity index is 2.39. The number of amides is 1. The minimum Gasteiger partial charge on any atom is -0.340 e. The van der Waals surface area contributed by atoms with Crippen molar-refractivity contribution >= 4 is 5.91 Å². The summed E-state index contributed by atoms with van der Waals surface area (Å²) in [5.74, 6) is 1.00. The zero-order valence-corrected chi connectivity index (χ0v) is 12.4. The number of rotatable bonds is 7. The van der Waals surface area contributed by atoms with Gasteiger partial charge in [-0.05, 0) is 52.1 Å². The second-order valence-corrected chi connectivity index (χ2v) is 5.81. The first-order valence-corrected chi connectivity index (χ1v) is 7.65. The third-order valence-corrected chi connectivity index (χ3v) is 3.79. The molecule has 0 aromatic heterocycles. The molecule has 3 nitrogen and oxygen atoms in total. The second kappa shape index (κ2) is 8.52. The largest absolute Gasteiger partial charge is 0.340 e. The Kier molecular flexibility index (Phi) is 7.33. The molecule has 0 spiro atoms. The molecule has 1 N–H and O–H groups in total. The predicted molar refractivity (Wildman–Crippen MR) is 76.6 cm³/mol. The summed E-state index contributed by atoms with van der Waals surface area (Å²) in [7, 11) is 0. The predicted octanol–water partition coefficient (Wildman–Crippen LogP) is 2.80. The van der Waals surface area contributed by atoms with E-state index in [9.17, 15) is 4.79 Å². The van der Waals surface area contributed by atoms with Gasteiger partial charge in [-0.25, -0.2) is 0 Å². The van der Waals surface area contributed by atoms with Crippen LogP contribution >= 0.6 is 0 Å². The Labute approximate surface area is 112 Å². The van der Waals surface area contributed by atoms with Crippen LogP contribution in [0.1, 0.15) is 59.3 Å². The van der Waals surface area contributed by atoms with E-state index in [-0.39, 0.29) is 0 Å². The number of carbonyl (C=O) groups excluding carboxylic acids is 1. The summed E-state index contributed by atoms with van der Waals surface area (Å²) in [6.45, 7) is 9.60. The van der Waals surface area contributed by atoms with E-state index in [1.54, 1.807) is 0 Å². The normalized spacial score (nSPS) is 20.1. The van der Waals surface area contributed by atoms with Crippen LogP contribution in [0.4, 0.5) is 0 Å². The van der Waals surface area contributed by atoms with Crippen molar-refractivity contribution in [3.63, 3.8) is 0 Å². The van der Waals surface area contributed by atoms with Gasteiger partial charge in [0.05, 0.1) is 0 Å². The van der Waals surface area contributed by atoms with Gasteiger partial charge < -0.3 is 10.2 Å². The Hall–Kier alpha value is -0.570. The molecule has 1 unspecified atom stereocenters. The van der Waals surface area contributed by atoms with Crippen molar-refractivity contribution < 1.29 is 4.79 Å². The van der Waals surface area contributed by atoms with Crippen LogP contribution in [0.15, 0.2) is 0 Å². The highest BCUT2D eigenvalue weighted by Crippen LogP contribution is 2.15. The molecular formula is C15H30N2O. The highest BCUT2D eigenvalue weighted by atomic mass is 16.2. The number of nitrogens with zero attached hydrogens (tertiary/aromatic N) is 1. The molecule has 1 aliphatic rings. The lowest BCUT2D eigenvalue weighted by Gasteiger charge is -2.33. The first kappa shape index (κ1) is 15.5. The number of hydrogen-bond acceptors (Lipinski definition) is 2. The SMILES string of the molecule is CCCCCC(=O)N(CC1CCCNC1)C(C)C. The van der Waals surface area contributed by atoms with E-state index in [4.69, 9.17) is 0 Å². The van der Waals surface area contributed by atoms with Gasteiger partial charge in [-0.2, -0.15) is 0 Å². The molecule has 18 heavy (non-hydrogen) atoms. The molecule has 0 saturated carbocycles. The molecule has 1 amide bonds. The molecule has 1 saturated heterocycles. The molecule has 0 aliphatic carbocycles. The smallest absolute Gasteiger partial charge is 0.222 e. The molecule has 3 heteroatoms. The van der Waals surface area contributed by atoms with E-state index >= 15 is 0 Å². The summed E-state index contributed by atoms with van der Waals surface area (Å²) in [6, 6.07) is 0.334. The van der Waals surface area contributed by atoms with Crippen LogP contribution in [-0.4, -0.2) is 36.5 Å². The van der Waals surface area contributed by atoms with Crippen LogP contribution in [0.3, 0.4) is 0 Å². The Morgan fingerprint density at radius 1 is 1.39 bits per heavy atom. The maximum Gasteiger partial charge on any atom is 0.222 e. The van der Waals surface area contributed by atoms with Gasteiger partial charge in [0.2, 0.25) is 5.91 Å². The molecule has 1 aliphatic heterocycles. The summed E-state index contributed by atoms with van der Waals surface area (Å²) in [5.41, 5.74) is 0. The van der Waals surface area contributed by atoms with E-state index in [0.29, 0.717) is 17.9 Å². The molecule has 0 radical (unpaired) electrons. The highest BCUT2D eigenvalue weighted by molar-refractivity contribution is 5.76. The molecule has 0 aromatic carbocycles. The van der Waals surface area contributed by atoms with Crippen LogP contribution in [0.25, 0.3) is 0 Å². The molecule has 1 rings (SSSR count). The van der Waals surface area contributed by atoms with Crippen molar-refractivity contribution in [1.82, 2.24) is 10.2 Å². The number of nitrogens with one attached hydrogen (secondary N) is 1. The van der Waals surface area contributed by atoms with Gasteiger partial charge in [-0.1, -0.05) is 19.8 Å². The van der Waals surface area contributed by atoms with Crippen LogP contribution in [0, 0.1) is 5.92 Å². The lowest BCUT2D eigenvalue weighted by molar-refractivity contribution is -0.133. The fourth-order valence-corrected chi connectivity index (χ4v) is 2.63. The molecule has 1 fully saturated rings. The second-order valence-electron chi connectivity index (χ2n) is 5.81. The monoisotopic (exact) mass is 254 g/mol. The molecule has 0 bridgehead atoms. The molecule has 106 valence electrons. The standard InChI is InChI=1S/C15H30N2O/c1-4-5-6-9-15(18)17(13(2)3)12-14-8-7-10-16-11-14/h13-14,16H,4-12H2,1-3H3.